The molecule has 2 aromatic carbocycles. The van der Waals surface area contributed by atoms with Gasteiger partial charge in [0, 0.05) is 17.8 Å². The lowest BCUT2D eigenvalue weighted by Gasteiger charge is -2.13. The first kappa shape index (κ1) is 19.9. The summed E-state index contributed by atoms with van der Waals surface area (Å²) in [6.45, 7) is 6.01. The van der Waals surface area contributed by atoms with Crippen molar-refractivity contribution in [1.29, 1.82) is 0 Å². The zero-order valence-corrected chi connectivity index (χ0v) is 16.2. The van der Waals surface area contributed by atoms with Crippen molar-refractivity contribution in [2.24, 2.45) is 0 Å². The third kappa shape index (κ3) is 4.62. The third-order valence-electron chi connectivity index (χ3n) is 3.90. The summed E-state index contributed by atoms with van der Waals surface area (Å²) >= 11 is 0. The van der Waals surface area contributed by atoms with E-state index in [4.69, 9.17) is 4.74 Å². The van der Waals surface area contributed by atoms with Crippen LogP contribution in [0.5, 0.6) is 5.75 Å². The van der Waals surface area contributed by atoms with E-state index < -0.39 is 10.0 Å². The first-order chi connectivity index (χ1) is 12.3. The second-order valence-electron chi connectivity index (χ2n) is 6.04. The van der Waals surface area contributed by atoms with Crippen molar-refractivity contribution in [3.63, 3.8) is 0 Å². The summed E-state index contributed by atoms with van der Waals surface area (Å²) in [6, 6.07) is 10.1. The monoisotopic (exact) mass is 376 g/mol. The molecule has 2 aromatic rings. The van der Waals surface area contributed by atoms with Crippen LogP contribution in [0.2, 0.25) is 0 Å². The van der Waals surface area contributed by atoms with Crippen LogP contribution in [0.3, 0.4) is 0 Å². The number of benzene rings is 2. The van der Waals surface area contributed by atoms with Crippen LogP contribution in [-0.4, -0.2) is 28.0 Å². The molecule has 0 saturated carbocycles. The molecule has 6 nitrogen and oxygen atoms in total. The quantitative estimate of drug-likeness (QED) is 0.777. The van der Waals surface area contributed by atoms with Gasteiger partial charge in [0.15, 0.2) is 0 Å². The van der Waals surface area contributed by atoms with Gasteiger partial charge < -0.3 is 10.1 Å². The summed E-state index contributed by atoms with van der Waals surface area (Å²) in [6.07, 6.45) is 0.661. The highest BCUT2D eigenvalue weighted by Gasteiger charge is 2.21. The van der Waals surface area contributed by atoms with E-state index in [9.17, 15) is 13.2 Å². The van der Waals surface area contributed by atoms with Crippen LogP contribution in [-0.2, 0) is 10.0 Å². The van der Waals surface area contributed by atoms with Crippen LogP contribution >= 0.6 is 0 Å². The molecule has 7 heteroatoms. The molecule has 0 aromatic heterocycles. The lowest BCUT2D eigenvalue weighted by atomic mass is 10.1. The molecular weight excluding hydrogens is 352 g/mol. The Hall–Kier alpha value is -2.38. The highest BCUT2D eigenvalue weighted by molar-refractivity contribution is 7.89. The molecule has 140 valence electrons. The van der Waals surface area contributed by atoms with Crippen molar-refractivity contribution < 1.29 is 17.9 Å². The standard InChI is InChI=1S/C19H24N2O4S/c1-5-10-20-26(23,24)18-12-15(8-9-17(18)25-4)19(22)21-16-11-13(2)6-7-14(16)3/h6-9,11-12,20H,5,10H2,1-4H3,(H,21,22). The van der Waals surface area contributed by atoms with Gasteiger partial charge in [0.2, 0.25) is 10.0 Å². The number of anilines is 1. The second-order valence-corrected chi connectivity index (χ2v) is 7.77. The molecule has 26 heavy (non-hydrogen) atoms. The summed E-state index contributed by atoms with van der Waals surface area (Å²) in [5.74, 6) is -0.190. The molecule has 0 aliphatic rings. The number of ether oxygens (including phenoxy) is 1. The molecule has 0 fully saturated rings. The fourth-order valence-corrected chi connectivity index (χ4v) is 3.73. The minimum atomic E-state index is -3.76. The van der Waals surface area contributed by atoms with Crippen molar-refractivity contribution >= 4 is 21.6 Å². The van der Waals surface area contributed by atoms with Gasteiger partial charge in [-0.15, -0.1) is 0 Å². The molecule has 2 rings (SSSR count). The Morgan fingerprint density at radius 3 is 2.50 bits per heavy atom. The van der Waals surface area contributed by atoms with Gasteiger partial charge in [0.25, 0.3) is 5.91 Å². The van der Waals surface area contributed by atoms with Crippen LogP contribution in [0.15, 0.2) is 41.3 Å². The molecule has 0 saturated heterocycles. The van der Waals surface area contributed by atoms with E-state index in [1.54, 1.807) is 0 Å². The smallest absolute Gasteiger partial charge is 0.255 e. The number of hydrogen-bond acceptors (Lipinski definition) is 4. The molecule has 0 bridgehead atoms. The maximum Gasteiger partial charge on any atom is 0.255 e. The Labute approximate surface area is 154 Å². The number of hydrogen-bond donors (Lipinski definition) is 2. The minimum absolute atomic E-state index is 0.0536. The topological polar surface area (TPSA) is 84.5 Å². The molecule has 0 spiro atoms. The number of amides is 1. The molecule has 0 heterocycles. The fraction of sp³-hybridized carbons (Fsp3) is 0.316. The van der Waals surface area contributed by atoms with E-state index in [1.165, 1.54) is 25.3 Å². The van der Waals surface area contributed by atoms with Crippen molar-refractivity contribution in [2.75, 3.05) is 19.0 Å². The van der Waals surface area contributed by atoms with Crippen LogP contribution in [0.4, 0.5) is 5.69 Å². The summed E-state index contributed by atoms with van der Waals surface area (Å²) < 4.78 is 32.6. The average molecular weight is 376 g/mol. The summed E-state index contributed by atoms with van der Waals surface area (Å²) in [5, 5.41) is 2.83. The molecule has 0 aliphatic carbocycles. The Balaban J connectivity index is 2.37. The predicted molar refractivity (Wildman–Crippen MR) is 102 cm³/mol. The van der Waals surface area contributed by atoms with Crippen molar-refractivity contribution in [3.05, 3.63) is 53.1 Å². The summed E-state index contributed by atoms with van der Waals surface area (Å²) in [7, 11) is -2.37. The van der Waals surface area contributed by atoms with Gasteiger partial charge >= 0.3 is 0 Å². The molecule has 0 radical (unpaired) electrons. The second kappa shape index (κ2) is 8.33. The van der Waals surface area contributed by atoms with E-state index >= 15 is 0 Å². The van der Waals surface area contributed by atoms with Gasteiger partial charge in [-0.05, 0) is 55.7 Å². The summed E-state index contributed by atoms with van der Waals surface area (Å²) in [5.41, 5.74) is 2.88. The normalized spacial score (nSPS) is 11.2. The maximum absolute atomic E-state index is 12.6. The van der Waals surface area contributed by atoms with E-state index in [0.29, 0.717) is 18.7 Å². The van der Waals surface area contributed by atoms with Crippen molar-refractivity contribution in [1.82, 2.24) is 4.72 Å². The van der Waals surface area contributed by atoms with Crippen LogP contribution in [0.1, 0.15) is 34.8 Å². The predicted octanol–water partition coefficient (Wildman–Crippen LogP) is 3.25. The first-order valence-electron chi connectivity index (χ1n) is 8.34. The highest BCUT2D eigenvalue weighted by Crippen LogP contribution is 2.26. The van der Waals surface area contributed by atoms with Crippen LogP contribution in [0.25, 0.3) is 0 Å². The molecule has 0 atom stereocenters. The zero-order chi connectivity index (χ0) is 19.3. The number of sulfonamides is 1. The summed E-state index contributed by atoms with van der Waals surface area (Å²) in [4.78, 5) is 12.5. The SMILES string of the molecule is CCCNS(=O)(=O)c1cc(C(=O)Nc2cc(C)ccc2C)ccc1OC. The van der Waals surface area contributed by atoms with Crippen LogP contribution < -0.4 is 14.8 Å². The number of carbonyl (C=O) groups is 1. The number of rotatable bonds is 7. The first-order valence-corrected chi connectivity index (χ1v) is 9.83. The minimum Gasteiger partial charge on any atom is -0.495 e. The number of nitrogens with one attached hydrogen (secondary N) is 2. The van der Waals surface area contributed by atoms with Crippen LogP contribution in [0, 0.1) is 13.8 Å². The van der Waals surface area contributed by atoms with E-state index in [2.05, 4.69) is 10.0 Å². The Bertz CT molecular complexity index is 908. The van der Waals surface area contributed by atoms with Gasteiger partial charge in [-0.2, -0.15) is 0 Å². The molecule has 0 aliphatic heterocycles. The highest BCUT2D eigenvalue weighted by atomic mass is 32.2. The fourth-order valence-electron chi connectivity index (χ4n) is 2.41. The number of carbonyl (C=O) groups excluding carboxylic acids is 1. The third-order valence-corrected chi connectivity index (χ3v) is 5.38. The van der Waals surface area contributed by atoms with E-state index in [1.807, 2.05) is 39.0 Å². The van der Waals surface area contributed by atoms with Gasteiger partial charge in [-0.25, -0.2) is 13.1 Å². The average Bonchev–Trinajstić information content (AvgIpc) is 2.62. The largest absolute Gasteiger partial charge is 0.495 e. The Morgan fingerprint density at radius 2 is 1.85 bits per heavy atom. The lowest BCUT2D eigenvalue weighted by Crippen LogP contribution is -2.25. The Morgan fingerprint density at radius 1 is 1.12 bits per heavy atom. The van der Waals surface area contributed by atoms with Gasteiger partial charge in [-0.3, -0.25) is 4.79 Å². The molecule has 1 amide bonds. The Kier molecular flexibility index (Phi) is 6.39. The van der Waals surface area contributed by atoms with E-state index in [-0.39, 0.29) is 22.1 Å². The zero-order valence-electron chi connectivity index (χ0n) is 15.4. The van der Waals surface area contributed by atoms with E-state index in [0.717, 1.165) is 11.1 Å². The number of aryl methyl sites for hydroxylation is 2. The lowest BCUT2D eigenvalue weighted by molar-refractivity contribution is 0.102. The van der Waals surface area contributed by atoms with Crippen molar-refractivity contribution in [3.8, 4) is 5.75 Å². The van der Waals surface area contributed by atoms with Crippen molar-refractivity contribution in [2.45, 2.75) is 32.1 Å². The molecular formula is C19H24N2O4S. The molecule has 2 N–H and O–H groups in total. The maximum atomic E-state index is 12.6. The van der Waals surface area contributed by atoms with Gasteiger partial charge in [0.1, 0.15) is 10.6 Å². The van der Waals surface area contributed by atoms with Gasteiger partial charge in [0.05, 0.1) is 7.11 Å². The number of methoxy groups -OCH3 is 1. The molecule has 0 unspecified atom stereocenters. The van der Waals surface area contributed by atoms with Gasteiger partial charge in [-0.1, -0.05) is 19.1 Å².